The second-order valence-electron chi connectivity index (χ2n) is 8.06. The molecule has 2 heterocycles. The number of nitrogens with zero attached hydrogens (tertiary/aromatic N) is 2. The van der Waals surface area contributed by atoms with Gasteiger partial charge in [0.2, 0.25) is 0 Å². The van der Waals surface area contributed by atoms with Crippen molar-refractivity contribution in [3.05, 3.63) is 118 Å². The minimum Gasteiger partial charge on any atom is -0.322 e. The number of aromatic nitrogens is 3. The zero-order chi connectivity index (χ0) is 24.4. The number of amides is 1. The number of rotatable bonds is 6. The maximum atomic E-state index is 13.2. The van der Waals surface area contributed by atoms with Gasteiger partial charge in [0.25, 0.3) is 17.9 Å². The molecule has 0 radical (unpaired) electrons. The number of alkyl halides is 2. The molecule has 5 aromatic rings. The van der Waals surface area contributed by atoms with Crippen molar-refractivity contribution in [3.8, 4) is 11.1 Å². The maximum absolute atomic E-state index is 13.2. The molecule has 8 heteroatoms. The minimum absolute atomic E-state index is 0.200. The molecular weight excluding hydrogens is 450 g/mol. The maximum Gasteiger partial charge on any atom is 0.282 e. The zero-order valence-electron chi connectivity index (χ0n) is 18.4. The first-order valence-electron chi connectivity index (χ1n) is 10.9. The highest BCUT2D eigenvalue weighted by Gasteiger charge is 2.18. The number of halogens is 2. The summed E-state index contributed by atoms with van der Waals surface area (Å²) in [5.74, 6) is -0.214. The van der Waals surface area contributed by atoms with E-state index in [9.17, 15) is 18.4 Å². The number of pyridine rings is 1. The van der Waals surface area contributed by atoms with E-state index in [0.717, 1.165) is 5.56 Å². The van der Waals surface area contributed by atoms with Crippen molar-refractivity contribution in [2.24, 2.45) is 0 Å². The number of hydrogen-bond acceptors (Lipinski definition) is 3. The van der Waals surface area contributed by atoms with Gasteiger partial charge in [0.15, 0.2) is 0 Å². The van der Waals surface area contributed by atoms with Crippen LogP contribution in [0.4, 0.5) is 14.5 Å². The van der Waals surface area contributed by atoms with Crippen molar-refractivity contribution in [2.75, 3.05) is 5.32 Å². The minimum atomic E-state index is -2.70. The number of nitrogens with one attached hydrogen (secondary N) is 2. The van der Waals surface area contributed by atoms with Crippen molar-refractivity contribution in [1.29, 1.82) is 0 Å². The summed E-state index contributed by atoms with van der Waals surface area (Å²) in [5, 5.41) is 10.1. The molecule has 0 saturated carbocycles. The van der Waals surface area contributed by atoms with Gasteiger partial charge in [0.1, 0.15) is 5.69 Å². The van der Waals surface area contributed by atoms with Crippen LogP contribution in [0, 0.1) is 0 Å². The van der Waals surface area contributed by atoms with Crippen molar-refractivity contribution < 1.29 is 13.6 Å². The van der Waals surface area contributed by atoms with E-state index in [0.29, 0.717) is 39.7 Å². The summed E-state index contributed by atoms with van der Waals surface area (Å²) in [7, 11) is 0. The molecule has 2 aromatic heterocycles. The van der Waals surface area contributed by atoms with Crippen LogP contribution in [0.1, 0.15) is 28.0 Å². The third-order valence-electron chi connectivity index (χ3n) is 5.74. The first-order valence-corrected chi connectivity index (χ1v) is 10.9. The predicted molar refractivity (Wildman–Crippen MR) is 131 cm³/mol. The first-order chi connectivity index (χ1) is 17.0. The van der Waals surface area contributed by atoms with Gasteiger partial charge in [-0.3, -0.25) is 14.7 Å². The monoisotopic (exact) mass is 470 g/mol. The van der Waals surface area contributed by atoms with Gasteiger partial charge >= 0.3 is 0 Å². The second kappa shape index (κ2) is 9.34. The Kier molecular flexibility index (Phi) is 5.93. The van der Waals surface area contributed by atoms with Crippen LogP contribution in [-0.2, 0) is 6.54 Å². The van der Waals surface area contributed by atoms with Gasteiger partial charge < -0.3 is 9.88 Å². The van der Waals surface area contributed by atoms with Gasteiger partial charge in [-0.1, -0.05) is 36.4 Å². The van der Waals surface area contributed by atoms with Gasteiger partial charge in [-0.2, -0.15) is 5.10 Å². The molecule has 3 aromatic carbocycles. The lowest BCUT2D eigenvalue weighted by molar-refractivity contribution is 0.102. The quantitative estimate of drug-likeness (QED) is 0.338. The lowest BCUT2D eigenvalue weighted by Crippen LogP contribution is -2.20. The van der Waals surface area contributed by atoms with Crippen LogP contribution >= 0.6 is 0 Å². The van der Waals surface area contributed by atoms with E-state index < -0.39 is 6.43 Å². The highest BCUT2D eigenvalue weighted by Crippen LogP contribution is 2.30. The summed E-state index contributed by atoms with van der Waals surface area (Å²) in [5.41, 5.74) is 2.37. The van der Waals surface area contributed by atoms with E-state index in [4.69, 9.17) is 0 Å². The molecule has 0 aliphatic carbocycles. The number of aromatic amines is 1. The fourth-order valence-corrected chi connectivity index (χ4v) is 4.02. The van der Waals surface area contributed by atoms with E-state index in [1.807, 2.05) is 24.3 Å². The molecule has 0 unspecified atom stereocenters. The largest absolute Gasteiger partial charge is 0.322 e. The number of benzene rings is 3. The van der Waals surface area contributed by atoms with Gasteiger partial charge in [-0.15, -0.1) is 0 Å². The molecule has 0 spiro atoms. The number of anilines is 1. The molecule has 35 heavy (non-hydrogen) atoms. The Morgan fingerprint density at radius 3 is 2.63 bits per heavy atom. The molecule has 6 nitrogen and oxygen atoms in total. The summed E-state index contributed by atoms with van der Waals surface area (Å²) in [4.78, 5) is 25.5. The van der Waals surface area contributed by atoms with Gasteiger partial charge in [0, 0.05) is 34.6 Å². The van der Waals surface area contributed by atoms with Crippen LogP contribution in [0.3, 0.4) is 0 Å². The molecule has 0 atom stereocenters. The Morgan fingerprint density at radius 2 is 1.83 bits per heavy atom. The summed E-state index contributed by atoms with van der Waals surface area (Å²) < 4.78 is 28.0. The summed E-state index contributed by atoms with van der Waals surface area (Å²) in [6.45, 7) is 0.308. The smallest absolute Gasteiger partial charge is 0.282 e. The highest BCUT2D eigenvalue weighted by molar-refractivity contribution is 6.04. The van der Waals surface area contributed by atoms with Crippen LogP contribution in [-0.4, -0.2) is 20.7 Å². The van der Waals surface area contributed by atoms with Gasteiger partial charge in [-0.25, -0.2) is 8.78 Å². The van der Waals surface area contributed by atoms with E-state index in [1.54, 1.807) is 65.4 Å². The average Bonchev–Trinajstić information content (AvgIpc) is 3.37. The molecule has 0 aliphatic rings. The van der Waals surface area contributed by atoms with E-state index >= 15 is 0 Å². The molecule has 0 fully saturated rings. The molecular formula is C27H20F2N4O2. The Bertz CT molecular complexity index is 1580. The van der Waals surface area contributed by atoms with Crippen LogP contribution in [0.2, 0.25) is 0 Å². The van der Waals surface area contributed by atoms with Gasteiger partial charge in [-0.05, 0) is 59.0 Å². The van der Waals surface area contributed by atoms with Crippen molar-refractivity contribution in [3.63, 3.8) is 0 Å². The lowest BCUT2D eigenvalue weighted by atomic mass is 10.0. The van der Waals surface area contributed by atoms with Crippen LogP contribution < -0.4 is 10.9 Å². The number of fused-ring (bicyclic) bond motifs is 1. The molecule has 1 amide bonds. The van der Waals surface area contributed by atoms with Crippen molar-refractivity contribution in [2.45, 2.75) is 13.0 Å². The third kappa shape index (κ3) is 4.59. The molecule has 0 saturated heterocycles. The topological polar surface area (TPSA) is 79.8 Å². The Balaban J connectivity index is 1.39. The van der Waals surface area contributed by atoms with Crippen LogP contribution in [0.25, 0.3) is 21.9 Å². The second-order valence-corrected chi connectivity index (χ2v) is 8.06. The molecule has 0 bridgehead atoms. The van der Waals surface area contributed by atoms with E-state index in [2.05, 4.69) is 15.5 Å². The van der Waals surface area contributed by atoms with Gasteiger partial charge in [0.05, 0.1) is 6.54 Å². The fraction of sp³-hybridized carbons (Fsp3) is 0.0741. The number of hydrogen-bond donors (Lipinski definition) is 2. The number of carbonyl (C=O) groups excluding carboxylic acids is 1. The molecule has 2 N–H and O–H groups in total. The predicted octanol–water partition coefficient (Wildman–Crippen LogP) is 5.63. The first kappa shape index (κ1) is 22.2. The highest BCUT2D eigenvalue weighted by atomic mass is 19.3. The number of H-pyrrole nitrogens is 1. The SMILES string of the molecule is O=C(Nc1cccc(Cn2ccc3cc(-c4c[nH]nc4C(F)F)ccc3c2=O)c1)c1ccccc1. The molecule has 5 rings (SSSR count). The molecule has 174 valence electrons. The van der Waals surface area contributed by atoms with E-state index in [1.165, 1.54) is 6.20 Å². The van der Waals surface area contributed by atoms with Crippen molar-refractivity contribution >= 4 is 22.4 Å². The Labute approximate surface area is 198 Å². The average molecular weight is 470 g/mol. The normalized spacial score (nSPS) is 11.2. The molecule has 0 aliphatic heterocycles. The standard InChI is InChI=1S/C27H20F2N4O2/c28-25(29)24-23(15-30-32-24)19-9-10-22-20(14-19)11-12-33(27(22)35)16-17-5-4-8-21(13-17)31-26(34)18-6-2-1-3-7-18/h1-15,25H,16H2,(H,30,32)(H,31,34). The van der Waals surface area contributed by atoms with Crippen LogP contribution in [0.5, 0.6) is 0 Å². The summed E-state index contributed by atoms with van der Waals surface area (Å²) in [6, 6.07) is 23.0. The summed E-state index contributed by atoms with van der Waals surface area (Å²) >= 11 is 0. The fourth-order valence-electron chi connectivity index (χ4n) is 4.02. The summed E-state index contributed by atoms with van der Waals surface area (Å²) in [6.07, 6.45) is 0.397. The zero-order valence-corrected chi connectivity index (χ0v) is 18.4. The van der Waals surface area contributed by atoms with Crippen LogP contribution in [0.15, 0.2) is 96.1 Å². The van der Waals surface area contributed by atoms with Crippen molar-refractivity contribution in [1.82, 2.24) is 14.8 Å². The lowest BCUT2D eigenvalue weighted by Gasteiger charge is -2.11. The number of carbonyl (C=O) groups is 1. The Morgan fingerprint density at radius 1 is 1.00 bits per heavy atom. The third-order valence-corrected chi connectivity index (χ3v) is 5.74. The van der Waals surface area contributed by atoms with E-state index in [-0.39, 0.29) is 17.2 Å². The Hall–Kier alpha value is -4.59.